The SMILES string of the molecule is CC(C)N1CCOC[C@@H](N)C1. The molecule has 3 heteroatoms. The molecule has 0 aliphatic carbocycles. The molecule has 0 bridgehead atoms. The van der Waals surface area contributed by atoms with Crippen LogP contribution in [0.25, 0.3) is 0 Å². The standard InChI is InChI=1S/C8H18N2O/c1-7(2)10-3-4-11-6-8(9)5-10/h7-8H,3-6,9H2,1-2H3/t8-/m0/s1. The first-order chi connectivity index (χ1) is 5.20. The van der Waals surface area contributed by atoms with Gasteiger partial charge in [0.1, 0.15) is 0 Å². The zero-order valence-corrected chi connectivity index (χ0v) is 7.42. The van der Waals surface area contributed by atoms with Crippen molar-refractivity contribution in [1.29, 1.82) is 0 Å². The van der Waals surface area contributed by atoms with E-state index in [0.29, 0.717) is 12.6 Å². The van der Waals surface area contributed by atoms with Gasteiger partial charge in [-0.25, -0.2) is 0 Å². The number of hydrogen-bond acceptors (Lipinski definition) is 3. The van der Waals surface area contributed by atoms with E-state index in [-0.39, 0.29) is 6.04 Å². The van der Waals surface area contributed by atoms with Gasteiger partial charge in [-0.3, -0.25) is 4.90 Å². The minimum atomic E-state index is 0.194. The van der Waals surface area contributed by atoms with Crippen molar-refractivity contribution in [3.63, 3.8) is 0 Å². The normalized spacial score (nSPS) is 28.9. The lowest BCUT2D eigenvalue weighted by atomic mass is 10.2. The van der Waals surface area contributed by atoms with Gasteiger partial charge in [0.05, 0.1) is 13.2 Å². The van der Waals surface area contributed by atoms with Crippen LogP contribution in [0.1, 0.15) is 13.8 Å². The summed E-state index contributed by atoms with van der Waals surface area (Å²) in [6, 6.07) is 0.780. The highest BCUT2D eigenvalue weighted by Crippen LogP contribution is 2.02. The maximum Gasteiger partial charge on any atom is 0.0630 e. The Morgan fingerprint density at radius 2 is 2.27 bits per heavy atom. The summed E-state index contributed by atoms with van der Waals surface area (Å²) < 4.78 is 5.32. The number of nitrogens with two attached hydrogens (primary N) is 1. The fourth-order valence-corrected chi connectivity index (χ4v) is 1.33. The molecule has 1 rings (SSSR count). The Hall–Kier alpha value is -0.120. The van der Waals surface area contributed by atoms with Crippen molar-refractivity contribution in [2.24, 2.45) is 5.73 Å². The largest absolute Gasteiger partial charge is 0.378 e. The van der Waals surface area contributed by atoms with E-state index in [1.807, 2.05) is 0 Å². The maximum absolute atomic E-state index is 5.80. The van der Waals surface area contributed by atoms with Gasteiger partial charge in [0.2, 0.25) is 0 Å². The van der Waals surface area contributed by atoms with Crippen molar-refractivity contribution in [2.75, 3.05) is 26.3 Å². The molecule has 1 fully saturated rings. The average Bonchev–Trinajstić information content (AvgIpc) is 2.13. The predicted octanol–water partition coefficient (Wildman–Crippen LogP) is 0.0543. The summed E-state index contributed by atoms with van der Waals surface area (Å²) in [7, 11) is 0. The second-order valence-electron chi connectivity index (χ2n) is 3.42. The summed E-state index contributed by atoms with van der Waals surface area (Å²) in [4.78, 5) is 2.36. The molecule has 0 saturated carbocycles. The van der Waals surface area contributed by atoms with Crippen LogP contribution in [0.15, 0.2) is 0 Å². The van der Waals surface area contributed by atoms with E-state index in [2.05, 4.69) is 18.7 Å². The lowest BCUT2D eigenvalue weighted by Crippen LogP contribution is -2.41. The minimum absolute atomic E-state index is 0.194. The maximum atomic E-state index is 5.80. The molecule has 0 radical (unpaired) electrons. The molecule has 0 aromatic rings. The van der Waals surface area contributed by atoms with Crippen LogP contribution < -0.4 is 5.73 Å². The van der Waals surface area contributed by atoms with Crippen LogP contribution in [0.2, 0.25) is 0 Å². The summed E-state index contributed by atoms with van der Waals surface area (Å²) in [6.45, 7) is 7.91. The lowest BCUT2D eigenvalue weighted by Gasteiger charge is -2.25. The van der Waals surface area contributed by atoms with Gasteiger partial charge in [0.15, 0.2) is 0 Å². The van der Waals surface area contributed by atoms with Crippen LogP contribution >= 0.6 is 0 Å². The van der Waals surface area contributed by atoms with Crippen LogP contribution in [0.3, 0.4) is 0 Å². The van der Waals surface area contributed by atoms with Crippen molar-refractivity contribution >= 4 is 0 Å². The van der Waals surface area contributed by atoms with Crippen LogP contribution in [0, 0.1) is 0 Å². The van der Waals surface area contributed by atoms with Crippen LogP contribution in [0.4, 0.5) is 0 Å². The van der Waals surface area contributed by atoms with Crippen molar-refractivity contribution in [3.05, 3.63) is 0 Å². The van der Waals surface area contributed by atoms with Crippen LogP contribution in [0.5, 0.6) is 0 Å². The molecule has 2 N–H and O–H groups in total. The number of rotatable bonds is 1. The summed E-state index contributed by atoms with van der Waals surface area (Å²) in [5.74, 6) is 0. The molecule has 1 saturated heterocycles. The molecular formula is C8H18N2O. The van der Waals surface area contributed by atoms with Crippen LogP contribution in [-0.4, -0.2) is 43.3 Å². The fraction of sp³-hybridized carbons (Fsp3) is 1.00. The van der Waals surface area contributed by atoms with Crippen LogP contribution in [-0.2, 0) is 4.74 Å². The molecule has 3 nitrogen and oxygen atoms in total. The van der Waals surface area contributed by atoms with E-state index in [9.17, 15) is 0 Å². The van der Waals surface area contributed by atoms with Crippen molar-refractivity contribution in [2.45, 2.75) is 25.9 Å². The highest BCUT2D eigenvalue weighted by molar-refractivity contribution is 4.73. The lowest BCUT2D eigenvalue weighted by molar-refractivity contribution is 0.132. The van der Waals surface area contributed by atoms with E-state index in [4.69, 9.17) is 10.5 Å². The smallest absolute Gasteiger partial charge is 0.0630 e. The number of hydrogen-bond donors (Lipinski definition) is 1. The summed E-state index contributed by atoms with van der Waals surface area (Å²) in [6.07, 6.45) is 0. The molecule has 66 valence electrons. The molecule has 0 aromatic carbocycles. The third-order valence-electron chi connectivity index (χ3n) is 2.05. The Labute approximate surface area is 68.5 Å². The fourth-order valence-electron chi connectivity index (χ4n) is 1.33. The predicted molar refractivity (Wildman–Crippen MR) is 45.5 cm³/mol. The van der Waals surface area contributed by atoms with Gasteiger partial charge < -0.3 is 10.5 Å². The molecule has 0 aromatic heterocycles. The van der Waals surface area contributed by atoms with Gasteiger partial charge >= 0.3 is 0 Å². The minimum Gasteiger partial charge on any atom is -0.378 e. The summed E-state index contributed by atoms with van der Waals surface area (Å²) >= 11 is 0. The molecule has 1 aliphatic heterocycles. The Morgan fingerprint density at radius 3 is 2.91 bits per heavy atom. The second-order valence-corrected chi connectivity index (χ2v) is 3.42. The van der Waals surface area contributed by atoms with Crippen molar-refractivity contribution < 1.29 is 4.74 Å². The summed E-state index contributed by atoms with van der Waals surface area (Å²) in [5.41, 5.74) is 5.80. The highest BCUT2D eigenvalue weighted by atomic mass is 16.5. The molecule has 1 atom stereocenters. The molecule has 0 spiro atoms. The number of ether oxygens (including phenoxy) is 1. The van der Waals surface area contributed by atoms with Gasteiger partial charge in [0.25, 0.3) is 0 Å². The third kappa shape index (κ3) is 2.77. The van der Waals surface area contributed by atoms with Gasteiger partial charge in [-0.1, -0.05) is 0 Å². The first kappa shape index (κ1) is 8.97. The van der Waals surface area contributed by atoms with Gasteiger partial charge in [-0.05, 0) is 13.8 Å². The molecule has 0 amide bonds. The third-order valence-corrected chi connectivity index (χ3v) is 2.05. The first-order valence-electron chi connectivity index (χ1n) is 4.27. The van der Waals surface area contributed by atoms with Crippen molar-refractivity contribution in [3.8, 4) is 0 Å². The molecule has 11 heavy (non-hydrogen) atoms. The Bertz CT molecular complexity index is 117. The van der Waals surface area contributed by atoms with E-state index >= 15 is 0 Å². The van der Waals surface area contributed by atoms with Gasteiger partial charge in [-0.15, -0.1) is 0 Å². The van der Waals surface area contributed by atoms with Gasteiger partial charge in [-0.2, -0.15) is 0 Å². The highest BCUT2D eigenvalue weighted by Gasteiger charge is 2.16. The van der Waals surface area contributed by atoms with E-state index < -0.39 is 0 Å². The summed E-state index contributed by atoms with van der Waals surface area (Å²) in [5, 5.41) is 0. The Balaban J connectivity index is 2.39. The zero-order valence-electron chi connectivity index (χ0n) is 7.42. The second kappa shape index (κ2) is 4.04. The monoisotopic (exact) mass is 158 g/mol. The van der Waals surface area contributed by atoms with E-state index in [0.717, 1.165) is 19.7 Å². The quantitative estimate of drug-likeness (QED) is 0.586. The van der Waals surface area contributed by atoms with Gasteiger partial charge in [0, 0.05) is 25.2 Å². The van der Waals surface area contributed by atoms with E-state index in [1.54, 1.807) is 0 Å². The Morgan fingerprint density at radius 1 is 1.55 bits per heavy atom. The zero-order chi connectivity index (χ0) is 8.27. The topological polar surface area (TPSA) is 38.5 Å². The molecule has 0 unspecified atom stereocenters. The number of nitrogens with zero attached hydrogens (tertiary/aromatic N) is 1. The average molecular weight is 158 g/mol. The molecule has 1 heterocycles. The molecular weight excluding hydrogens is 140 g/mol. The van der Waals surface area contributed by atoms with Crippen molar-refractivity contribution in [1.82, 2.24) is 4.90 Å². The molecule has 1 aliphatic rings. The van der Waals surface area contributed by atoms with E-state index in [1.165, 1.54) is 0 Å². The Kier molecular flexibility index (Phi) is 3.30. The first-order valence-corrected chi connectivity index (χ1v) is 4.27.